The third-order valence-electron chi connectivity index (χ3n) is 10.4. The van der Waals surface area contributed by atoms with Gasteiger partial charge in [0.05, 0.1) is 13.2 Å². The topological polar surface area (TPSA) is 55.8 Å². The molecular formula is C45H90O4. The summed E-state index contributed by atoms with van der Waals surface area (Å²) in [6.45, 7) is 5.40. The van der Waals surface area contributed by atoms with E-state index in [0.29, 0.717) is 19.6 Å². The largest absolute Gasteiger partial charge is 0.457 e. The van der Waals surface area contributed by atoms with Gasteiger partial charge in [0.15, 0.2) is 0 Å². The van der Waals surface area contributed by atoms with E-state index in [9.17, 15) is 9.90 Å². The van der Waals surface area contributed by atoms with Crippen molar-refractivity contribution in [2.75, 3.05) is 19.8 Å². The minimum atomic E-state index is -0.524. The molecule has 0 aromatic carbocycles. The number of hydrogen-bond donors (Lipinski definition) is 1. The number of esters is 1. The zero-order chi connectivity index (χ0) is 35.6. The highest BCUT2D eigenvalue weighted by Gasteiger charge is 2.13. The molecule has 0 bridgehead atoms. The first-order valence-electron chi connectivity index (χ1n) is 22.6. The lowest BCUT2D eigenvalue weighted by atomic mass is 10.0. The monoisotopic (exact) mass is 695 g/mol. The second kappa shape index (κ2) is 43.6. The zero-order valence-corrected chi connectivity index (χ0v) is 33.7. The third kappa shape index (κ3) is 41.7. The quantitative estimate of drug-likeness (QED) is 0.0510. The maximum Gasteiger partial charge on any atom is 0.306 e. The lowest BCUT2D eigenvalue weighted by molar-refractivity contribution is -0.154. The van der Waals surface area contributed by atoms with Crippen LogP contribution in [0.1, 0.15) is 258 Å². The molecular weight excluding hydrogens is 604 g/mol. The third-order valence-corrected chi connectivity index (χ3v) is 10.4. The first-order chi connectivity index (χ1) is 24.2. The highest BCUT2D eigenvalue weighted by atomic mass is 16.6. The Hall–Kier alpha value is -0.610. The number of carbonyl (C=O) groups is 1. The molecule has 0 saturated carbocycles. The molecule has 49 heavy (non-hydrogen) atoms. The Kier molecular flexibility index (Phi) is 43.0. The smallest absolute Gasteiger partial charge is 0.306 e. The fourth-order valence-electron chi connectivity index (χ4n) is 7.04. The van der Waals surface area contributed by atoms with E-state index in [1.165, 1.54) is 218 Å². The Morgan fingerprint density at radius 3 is 0.959 bits per heavy atom. The molecule has 0 fully saturated rings. The Morgan fingerprint density at radius 2 is 0.673 bits per heavy atom. The maximum absolute atomic E-state index is 12.2. The number of hydrogen-bond acceptors (Lipinski definition) is 4. The summed E-state index contributed by atoms with van der Waals surface area (Å²) in [5.74, 6) is -0.193. The number of rotatable bonds is 43. The van der Waals surface area contributed by atoms with Gasteiger partial charge in [0.1, 0.15) is 6.10 Å². The van der Waals surface area contributed by atoms with Crippen LogP contribution in [0.4, 0.5) is 0 Å². The predicted octanol–water partition coefficient (Wildman–Crippen LogP) is 14.8. The highest BCUT2D eigenvalue weighted by Crippen LogP contribution is 2.17. The van der Waals surface area contributed by atoms with Crippen LogP contribution in [-0.2, 0) is 14.3 Å². The molecule has 0 radical (unpaired) electrons. The van der Waals surface area contributed by atoms with Gasteiger partial charge in [-0.15, -0.1) is 0 Å². The van der Waals surface area contributed by atoms with Gasteiger partial charge in [-0.3, -0.25) is 4.79 Å². The second-order valence-electron chi connectivity index (χ2n) is 15.5. The van der Waals surface area contributed by atoms with Gasteiger partial charge < -0.3 is 14.6 Å². The van der Waals surface area contributed by atoms with Gasteiger partial charge in [-0.2, -0.15) is 0 Å². The van der Waals surface area contributed by atoms with Crippen LogP contribution in [0.5, 0.6) is 0 Å². The Balaban J connectivity index is 3.31. The molecule has 0 aliphatic rings. The molecule has 0 aromatic rings. The summed E-state index contributed by atoms with van der Waals surface area (Å²) < 4.78 is 11.2. The van der Waals surface area contributed by atoms with Crippen LogP contribution in [-0.4, -0.2) is 37.0 Å². The van der Waals surface area contributed by atoms with Crippen molar-refractivity contribution in [2.24, 2.45) is 0 Å². The standard InChI is InChI=1S/C45H90O4/c1-3-5-7-9-11-13-15-17-18-19-20-21-22-23-24-25-26-27-28-29-30-32-34-36-38-40-45(47)49-44(42-46)43-48-41-39-37-35-33-31-16-14-12-10-8-6-4-2/h44,46H,3-43H2,1-2H3. The maximum atomic E-state index is 12.2. The van der Waals surface area contributed by atoms with Gasteiger partial charge >= 0.3 is 5.97 Å². The van der Waals surface area contributed by atoms with E-state index in [0.717, 1.165) is 19.3 Å². The van der Waals surface area contributed by atoms with E-state index in [1.54, 1.807) is 0 Å². The molecule has 294 valence electrons. The van der Waals surface area contributed by atoms with Crippen LogP contribution in [0.25, 0.3) is 0 Å². The summed E-state index contributed by atoms with van der Waals surface area (Å²) in [7, 11) is 0. The minimum absolute atomic E-state index is 0.163. The van der Waals surface area contributed by atoms with Gasteiger partial charge in [-0.05, 0) is 12.8 Å². The van der Waals surface area contributed by atoms with E-state index < -0.39 is 6.10 Å². The predicted molar refractivity (Wildman–Crippen MR) is 215 cm³/mol. The van der Waals surface area contributed by atoms with Crippen LogP contribution in [0.2, 0.25) is 0 Å². The number of unbranched alkanes of at least 4 members (excludes halogenated alkanes) is 35. The van der Waals surface area contributed by atoms with Gasteiger partial charge in [0.25, 0.3) is 0 Å². The lowest BCUT2D eigenvalue weighted by Gasteiger charge is -2.16. The fraction of sp³-hybridized carbons (Fsp3) is 0.978. The van der Waals surface area contributed by atoms with E-state index in [4.69, 9.17) is 9.47 Å². The van der Waals surface area contributed by atoms with Crippen molar-refractivity contribution in [3.05, 3.63) is 0 Å². The molecule has 4 nitrogen and oxygen atoms in total. The summed E-state index contributed by atoms with van der Waals surface area (Å²) in [6.07, 6.45) is 50.3. The summed E-state index contributed by atoms with van der Waals surface area (Å²) in [4.78, 5) is 12.2. The van der Waals surface area contributed by atoms with Gasteiger partial charge in [0, 0.05) is 13.0 Å². The minimum Gasteiger partial charge on any atom is -0.457 e. The molecule has 1 N–H and O–H groups in total. The van der Waals surface area contributed by atoms with Crippen LogP contribution < -0.4 is 0 Å². The number of ether oxygens (including phenoxy) is 2. The van der Waals surface area contributed by atoms with Crippen LogP contribution in [0.15, 0.2) is 0 Å². The SMILES string of the molecule is CCCCCCCCCCCCCCCCCCCCCCCCCCCC(=O)OC(CO)COCCCCCCCCCCCCCC. The molecule has 0 saturated heterocycles. The normalized spacial score (nSPS) is 12.1. The van der Waals surface area contributed by atoms with E-state index in [1.807, 2.05) is 0 Å². The van der Waals surface area contributed by atoms with Gasteiger partial charge in [0.2, 0.25) is 0 Å². The summed E-state index contributed by atoms with van der Waals surface area (Å²) in [5, 5.41) is 9.59. The number of aliphatic hydroxyl groups excluding tert-OH is 1. The van der Waals surface area contributed by atoms with Crippen molar-refractivity contribution in [2.45, 2.75) is 264 Å². The fourth-order valence-corrected chi connectivity index (χ4v) is 7.04. The first kappa shape index (κ1) is 48.4. The van der Waals surface area contributed by atoms with Crippen molar-refractivity contribution < 1.29 is 19.4 Å². The van der Waals surface area contributed by atoms with E-state index in [2.05, 4.69) is 13.8 Å². The van der Waals surface area contributed by atoms with Crippen LogP contribution in [0, 0.1) is 0 Å². The molecule has 0 spiro atoms. The van der Waals surface area contributed by atoms with Crippen molar-refractivity contribution >= 4 is 5.97 Å². The Morgan fingerprint density at radius 1 is 0.408 bits per heavy atom. The van der Waals surface area contributed by atoms with Crippen molar-refractivity contribution in [1.82, 2.24) is 0 Å². The molecule has 0 rings (SSSR count). The second-order valence-corrected chi connectivity index (χ2v) is 15.5. The molecule has 0 aromatic heterocycles. The molecule has 4 heteroatoms. The molecule has 0 aliphatic carbocycles. The first-order valence-corrected chi connectivity index (χ1v) is 22.6. The highest BCUT2D eigenvalue weighted by molar-refractivity contribution is 5.69. The van der Waals surface area contributed by atoms with E-state index >= 15 is 0 Å². The summed E-state index contributed by atoms with van der Waals surface area (Å²) >= 11 is 0. The number of aliphatic hydroxyl groups is 1. The van der Waals surface area contributed by atoms with Crippen LogP contribution >= 0.6 is 0 Å². The molecule has 0 amide bonds. The molecule has 1 unspecified atom stereocenters. The average molecular weight is 695 g/mol. The Labute approximate surface area is 308 Å². The van der Waals surface area contributed by atoms with Gasteiger partial charge in [-0.1, -0.05) is 239 Å². The van der Waals surface area contributed by atoms with Crippen molar-refractivity contribution in [3.8, 4) is 0 Å². The lowest BCUT2D eigenvalue weighted by Crippen LogP contribution is -2.27. The molecule has 0 heterocycles. The van der Waals surface area contributed by atoms with Crippen molar-refractivity contribution in [3.63, 3.8) is 0 Å². The summed E-state index contributed by atoms with van der Waals surface area (Å²) in [6, 6.07) is 0. The van der Waals surface area contributed by atoms with Gasteiger partial charge in [-0.25, -0.2) is 0 Å². The summed E-state index contributed by atoms with van der Waals surface area (Å²) in [5.41, 5.74) is 0. The van der Waals surface area contributed by atoms with Crippen LogP contribution in [0.3, 0.4) is 0 Å². The van der Waals surface area contributed by atoms with E-state index in [-0.39, 0.29) is 12.6 Å². The average Bonchev–Trinajstić information content (AvgIpc) is 3.11. The number of carbonyl (C=O) groups excluding carboxylic acids is 1. The zero-order valence-electron chi connectivity index (χ0n) is 33.7. The van der Waals surface area contributed by atoms with Crippen molar-refractivity contribution in [1.29, 1.82) is 0 Å². The Bertz CT molecular complexity index is 609. The molecule has 0 aliphatic heterocycles. The molecule has 1 atom stereocenters.